The van der Waals surface area contributed by atoms with Crippen LogP contribution in [-0.4, -0.2) is 13.0 Å². The van der Waals surface area contributed by atoms with Crippen LogP contribution in [0.15, 0.2) is 12.1 Å². The van der Waals surface area contributed by atoms with Gasteiger partial charge in [-0.2, -0.15) is 0 Å². The third-order valence-electron chi connectivity index (χ3n) is 1.60. The fraction of sp³-hybridized carbons (Fsp3) is 0.125. The van der Waals surface area contributed by atoms with E-state index in [2.05, 4.69) is 5.32 Å². The van der Waals surface area contributed by atoms with Crippen molar-refractivity contribution >= 4 is 11.6 Å². The quantitative estimate of drug-likeness (QED) is 0.726. The molecule has 0 aliphatic rings. The highest BCUT2D eigenvalue weighted by Gasteiger charge is 2.12. The lowest BCUT2D eigenvalue weighted by molar-refractivity contribution is 0.100. The highest BCUT2D eigenvalue weighted by Crippen LogP contribution is 2.18. The smallest absolute Gasteiger partial charge is 0.250 e. The van der Waals surface area contributed by atoms with Gasteiger partial charge in [0.1, 0.15) is 0 Å². The molecule has 0 heterocycles. The van der Waals surface area contributed by atoms with E-state index in [1.165, 1.54) is 7.05 Å². The first-order valence-corrected chi connectivity index (χ1v) is 3.53. The van der Waals surface area contributed by atoms with E-state index in [1.807, 2.05) is 0 Å². The topological polar surface area (TPSA) is 55.1 Å². The molecule has 5 heteroatoms. The van der Waals surface area contributed by atoms with Gasteiger partial charge in [-0.3, -0.25) is 4.79 Å². The fourth-order valence-electron chi connectivity index (χ4n) is 0.958. The molecule has 3 nitrogen and oxygen atoms in total. The number of hydrogen-bond donors (Lipinski definition) is 2. The summed E-state index contributed by atoms with van der Waals surface area (Å²) >= 11 is 0. The molecule has 0 radical (unpaired) electrons. The Balaban J connectivity index is 3.33. The second kappa shape index (κ2) is 3.38. The molecule has 0 aliphatic carbocycles. The zero-order valence-corrected chi connectivity index (χ0v) is 6.90. The van der Waals surface area contributed by atoms with E-state index in [9.17, 15) is 13.6 Å². The van der Waals surface area contributed by atoms with Crippen LogP contribution in [0.5, 0.6) is 0 Å². The standard InChI is InChI=1S/C8H8F2N2O/c1-12-7-3-6(10)5(9)2-4(7)8(11)13/h2-3,12H,1H3,(H2,11,13). The highest BCUT2D eigenvalue weighted by atomic mass is 19.2. The van der Waals surface area contributed by atoms with Crippen LogP contribution >= 0.6 is 0 Å². The Kier molecular flexibility index (Phi) is 2.46. The Hall–Kier alpha value is -1.65. The zero-order valence-electron chi connectivity index (χ0n) is 6.90. The average Bonchev–Trinajstić information content (AvgIpc) is 2.08. The van der Waals surface area contributed by atoms with Crippen molar-refractivity contribution in [2.75, 3.05) is 12.4 Å². The molecule has 0 spiro atoms. The maximum absolute atomic E-state index is 12.6. The molecule has 1 aromatic carbocycles. The summed E-state index contributed by atoms with van der Waals surface area (Å²) in [5.41, 5.74) is 5.05. The van der Waals surface area contributed by atoms with Crippen molar-refractivity contribution in [1.29, 1.82) is 0 Å². The van der Waals surface area contributed by atoms with Crippen molar-refractivity contribution in [3.8, 4) is 0 Å². The summed E-state index contributed by atoms with van der Waals surface area (Å²) in [4.78, 5) is 10.7. The van der Waals surface area contributed by atoms with Gasteiger partial charge in [0, 0.05) is 18.8 Å². The minimum atomic E-state index is -1.09. The van der Waals surface area contributed by atoms with Crippen LogP contribution < -0.4 is 11.1 Å². The summed E-state index contributed by atoms with van der Waals surface area (Å²) in [6.07, 6.45) is 0. The number of anilines is 1. The summed E-state index contributed by atoms with van der Waals surface area (Å²) in [6, 6.07) is 1.65. The SMILES string of the molecule is CNc1cc(F)c(F)cc1C(N)=O. The van der Waals surface area contributed by atoms with E-state index in [4.69, 9.17) is 5.73 Å². The molecule has 0 bridgehead atoms. The van der Waals surface area contributed by atoms with Gasteiger partial charge in [-0.15, -0.1) is 0 Å². The molecule has 0 unspecified atom stereocenters. The van der Waals surface area contributed by atoms with Gasteiger partial charge >= 0.3 is 0 Å². The number of primary amides is 1. The number of nitrogens with one attached hydrogen (secondary N) is 1. The lowest BCUT2D eigenvalue weighted by Gasteiger charge is -2.05. The number of amides is 1. The molecule has 0 aromatic heterocycles. The fourth-order valence-corrected chi connectivity index (χ4v) is 0.958. The summed E-state index contributed by atoms with van der Waals surface area (Å²) in [5, 5.41) is 2.54. The lowest BCUT2D eigenvalue weighted by Crippen LogP contribution is -2.14. The maximum Gasteiger partial charge on any atom is 0.250 e. The molecule has 13 heavy (non-hydrogen) atoms. The predicted octanol–water partition coefficient (Wildman–Crippen LogP) is 1.11. The minimum absolute atomic E-state index is 0.0681. The van der Waals surface area contributed by atoms with Crippen molar-refractivity contribution in [2.45, 2.75) is 0 Å². The first-order valence-electron chi connectivity index (χ1n) is 3.53. The Labute approximate surface area is 73.5 Å². The predicted molar refractivity (Wildman–Crippen MR) is 44.4 cm³/mol. The van der Waals surface area contributed by atoms with Crippen LogP contribution in [-0.2, 0) is 0 Å². The minimum Gasteiger partial charge on any atom is -0.387 e. The van der Waals surface area contributed by atoms with Gasteiger partial charge in [0.05, 0.1) is 5.56 Å². The van der Waals surface area contributed by atoms with Gasteiger partial charge in [0.25, 0.3) is 5.91 Å². The number of hydrogen-bond acceptors (Lipinski definition) is 2. The average molecular weight is 186 g/mol. The molecular formula is C8H8F2N2O. The van der Waals surface area contributed by atoms with Gasteiger partial charge in [0.2, 0.25) is 0 Å². The van der Waals surface area contributed by atoms with Crippen LogP contribution in [0.3, 0.4) is 0 Å². The summed E-state index contributed by atoms with van der Waals surface area (Å²) in [7, 11) is 1.49. The number of carbonyl (C=O) groups is 1. The van der Waals surface area contributed by atoms with E-state index in [-0.39, 0.29) is 11.3 Å². The Morgan fingerprint density at radius 1 is 1.38 bits per heavy atom. The van der Waals surface area contributed by atoms with Crippen molar-refractivity contribution in [2.24, 2.45) is 5.73 Å². The Morgan fingerprint density at radius 3 is 2.38 bits per heavy atom. The largest absolute Gasteiger partial charge is 0.387 e. The van der Waals surface area contributed by atoms with Gasteiger partial charge < -0.3 is 11.1 Å². The highest BCUT2D eigenvalue weighted by molar-refractivity contribution is 5.98. The first-order chi connectivity index (χ1) is 6.06. The van der Waals surface area contributed by atoms with Crippen LogP contribution in [0.4, 0.5) is 14.5 Å². The number of rotatable bonds is 2. The van der Waals surface area contributed by atoms with Crippen LogP contribution in [0.1, 0.15) is 10.4 Å². The van der Waals surface area contributed by atoms with Gasteiger partial charge in [-0.1, -0.05) is 0 Å². The Bertz CT molecular complexity index is 352. The van der Waals surface area contributed by atoms with Crippen LogP contribution in [0.25, 0.3) is 0 Å². The molecule has 1 amide bonds. The monoisotopic (exact) mass is 186 g/mol. The van der Waals surface area contributed by atoms with Gasteiger partial charge in [0.15, 0.2) is 11.6 Å². The van der Waals surface area contributed by atoms with E-state index >= 15 is 0 Å². The number of nitrogens with two attached hydrogens (primary N) is 1. The molecule has 0 saturated carbocycles. The third-order valence-corrected chi connectivity index (χ3v) is 1.60. The van der Waals surface area contributed by atoms with E-state index in [0.29, 0.717) is 0 Å². The Morgan fingerprint density at radius 2 is 1.92 bits per heavy atom. The molecule has 0 atom stereocenters. The molecule has 0 aliphatic heterocycles. The van der Waals surface area contributed by atoms with Crippen molar-refractivity contribution in [3.05, 3.63) is 29.3 Å². The summed E-state index contributed by atoms with van der Waals surface area (Å²) in [6.45, 7) is 0. The first kappa shape index (κ1) is 9.44. The lowest BCUT2D eigenvalue weighted by atomic mass is 10.1. The molecule has 3 N–H and O–H groups in total. The van der Waals surface area contributed by atoms with Crippen molar-refractivity contribution in [3.63, 3.8) is 0 Å². The maximum atomic E-state index is 12.6. The molecule has 0 fully saturated rings. The van der Waals surface area contributed by atoms with Crippen LogP contribution in [0.2, 0.25) is 0 Å². The van der Waals surface area contributed by atoms with Gasteiger partial charge in [-0.25, -0.2) is 8.78 Å². The number of carbonyl (C=O) groups excluding carboxylic acids is 1. The third kappa shape index (κ3) is 1.74. The van der Waals surface area contributed by atoms with Crippen molar-refractivity contribution < 1.29 is 13.6 Å². The van der Waals surface area contributed by atoms with E-state index in [0.717, 1.165) is 12.1 Å². The van der Waals surface area contributed by atoms with E-state index in [1.54, 1.807) is 0 Å². The molecular weight excluding hydrogens is 178 g/mol. The zero-order chi connectivity index (χ0) is 10.0. The van der Waals surface area contributed by atoms with Gasteiger partial charge in [-0.05, 0) is 6.07 Å². The number of benzene rings is 1. The summed E-state index contributed by atoms with van der Waals surface area (Å²) < 4.78 is 25.3. The van der Waals surface area contributed by atoms with Crippen LogP contribution in [0, 0.1) is 11.6 Å². The summed E-state index contributed by atoms with van der Waals surface area (Å²) in [5.74, 6) is -2.91. The molecule has 1 aromatic rings. The van der Waals surface area contributed by atoms with Crippen molar-refractivity contribution in [1.82, 2.24) is 0 Å². The molecule has 0 saturated heterocycles. The number of halogens is 2. The molecule has 1 rings (SSSR count). The second-order valence-corrected chi connectivity index (χ2v) is 2.43. The van der Waals surface area contributed by atoms with E-state index < -0.39 is 17.5 Å². The molecule has 70 valence electrons. The normalized spacial score (nSPS) is 9.77. The second-order valence-electron chi connectivity index (χ2n) is 2.43.